The molecule has 7 heteroatoms. The summed E-state index contributed by atoms with van der Waals surface area (Å²) in [4.78, 5) is 27.0. The van der Waals surface area contributed by atoms with Gasteiger partial charge in [0.25, 0.3) is 0 Å². The van der Waals surface area contributed by atoms with Crippen LogP contribution in [0.15, 0.2) is 30.5 Å². The van der Waals surface area contributed by atoms with Gasteiger partial charge in [0.05, 0.1) is 17.4 Å². The van der Waals surface area contributed by atoms with Crippen LogP contribution in [0.4, 0.5) is 0 Å². The van der Waals surface area contributed by atoms with Crippen LogP contribution in [0.25, 0.3) is 10.9 Å². The monoisotopic (exact) mass is 321 g/mol. The predicted molar refractivity (Wildman–Crippen MR) is 80.3 cm³/mol. The van der Waals surface area contributed by atoms with Crippen LogP contribution in [-0.4, -0.2) is 43.3 Å². The molecule has 1 aromatic heterocycles. The minimum Gasteiger partial charge on any atom is -0.457 e. The van der Waals surface area contributed by atoms with Crippen LogP contribution in [-0.2, 0) is 19.4 Å². The maximum absolute atomic E-state index is 12.2. The Morgan fingerprint density at radius 1 is 1.27 bits per heavy atom. The molecule has 116 valence electrons. The fraction of sp³-hybridized carbons (Fsp3) is 0.333. The molecule has 0 aliphatic carbocycles. The van der Waals surface area contributed by atoms with Gasteiger partial charge in [-0.2, -0.15) is 0 Å². The van der Waals surface area contributed by atoms with Gasteiger partial charge in [-0.3, -0.25) is 9.59 Å². The molecule has 1 unspecified atom stereocenters. The number of ether oxygens (including phenoxy) is 1. The Kier molecular flexibility index (Phi) is 3.74. The molecule has 0 saturated carbocycles. The summed E-state index contributed by atoms with van der Waals surface area (Å²) in [6.45, 7) is -0.378. The predicted octanol–water partition coefficient (Wildman–Crippen LogP) is 1.33. The molecule has 0 amide bonds. The van der Waals surface area contributed by atoms with Crippen LogP contribution in [0.5, 0.6) is 0 Å². The van der Waals surface area contributed by atoms with Gasteiger partial charge in [0, 0.05) is 22.7 Å². The van der Waals surface area contributed by atoms with Gasteiger partial charge in [-0.05, 0) is 12.5 Å². The van der Waals surface area contributed by atoms with Crippen LogP contribution >= 0.6 is 0 Å². The quantitative estimate of drug-likeness (QED) is 0.677. The van der Waals surface area contributed by atoms with Gasteiger partial charge >= 0.3 is 5.97 Å². The number of fused-ring (bicyclic) bond motifs is 1. The van der Waals surface area contributed by atoms with E-state index in [1.807, 2.05) is 24.3 Å². The second-order valence-corrected chi connectivity index (χ2v) is 7.61. The van der Waals surface area contributed by atoms with Crippen molar-refractivity contribution in [1.29, 1.82) is 0 Å². The second kappa shape index (κ2) is 5.57. The van der Waals surface area contributed by atoms with Crippen molar-refractivity contribution in [2.24, 2.45) is 5.92 Å². The van der Waals surface area contributed by atoms with E-state index in [1.54, 1.807) is 6.20 Å². The van der Waals surface area contributed by atoms with E-state index in [2.05, 4.69) is 4.98 Å². The van der Waals surface area contributed by atoms with Crippen LogP contribution in [0, 0.1) is 5.92 Å². The van der Waals surface area contributed by atoms with E-state index in [4.69, 9.17) is 4.74 Å². The number of rotatable bonds is 4. The molecule has 2 heterocycles. The van der Waals surface area contributed by atoms with Crippen molar-refractivity contribution < 1.29 is 22.7 Å². The maximum Gasteiger partial charge on any atom is 0.310 e. The van der Waals surface area contributed by atoms with E-state index in [0.717, 1.165) is 10.9 Å². The third-order valence-corrected chi connectivity index (χ3v) is 5.57. The molecule has 0 bridgehead atoms. The molecular weight excluding hydrogens is 306 g/mol. The zero-order valence-electron chi connectivity index (χ0n) is 11.7. The molecule has 0 radical (unpaired) electrons. The Balaban J connectivity index is 1.64. The highest BCUT2D eigenvalue weighted by atomic mass is 32.2. The molecule has 6 nitrogen and oxygen atoms in total. The maximum atomic E-state index is 12.2. The van der Waals surface area contributed by atoms with Crippen LogP contribution in [0.2, 0.25) is 0 Å². The topological polar surface area (TPSA) is 93.3 Å². The number of sulfone groups is 1. The molecule has 1 saturated heterocycles. The molecule has 1 aliphatic heterocycles. The number of nitrogens with one attached hydrogen (secondary N) is 1. The molecule has 22 heavy (non-hydrogen) atoms. The lowest BCUT2D eigenvalue weighted by molar-refractivity contribution is -0.146. The first-order chi connectivity index (χ1) is 10.5. The van der Waals surface area contributed by atoms with E-state index in [0.29, 0.717) is 5.56 Å². The van der Waals surface area contributed by atoms with Gasteiger partial charge < -0.3 is 9.72 Å². The summed E-state index contributed by atoms with van der Waals surface area (Å²) < 4.78 is 27.7. The lowest BCUT2D eigenvalue weighted by Crippen LogP contribution is -2.22. The standard InChI is InChI=1S/C15H15NO5S/c17-14(12-7-16-13-4-2-1-3-11(12)13)8-21-15(18)10-5-6-22(19,20)9-10/h1-4,7,10,16H,5-6,8-9H2. The highest BCUT2D eigenvalue weighted by Crippen LogP contribution is 2.21. The third kappa shape index (κ3) is 2.89. The number of aromatic nitrogens is 1. The number of aromatic amines is 1. The largest absolute Gasteiger partial charge is 0.457 e. The van der Waals surface area contributed by atoms with E-state index in [1.165, 1.54) is 0 Å². The first-order valence-electron chi connectivity index (χ1n) is 6.93. The van der Waals surface area contributed by atoms with Crippen molar-refractivity contribution in [3.8, 4) is 0 Å². The number of hydrogen-bond acceptors (Lipinski definition) is 5. The van der Waals surface area contributed by atoms with E-state index < -0.39 is 21.7 Å². The summed E-state index contributed by atoms with van der Waals surface area (Å²) in [7, 11) is -3.14. The number of H-pyrrole nitrogens is 1. The number of esters is 1. The summed E-state index contributed by atoms with van der Waals surface area (Å²) in [6.07, 6.45) is 1.85. The van der Waals surface area contributed by atoms with Gasteiger partial charge in [-0.15, -0.1) is 0 Å². The number of Topliss-reactive ketones (excluding diaryl/α,β-unsaturated/α-hetero) is 1. The van der Waals surface area contributed by atoms with E-state index in [9.17, 15) is 18.0 Å². The van der Waals surface area contributed by atoms with Crippen molar-refractivity contribution >= 4 is 32.5 Å². The van der Waals surface area contributed by atoms with E-state index in [-0.39, 0.29) is 30.3 Å². The molecule has 1 N–H and O–H groups in total. The number of ketones is 1. The summed E-state index contributed by atoms with van der Waals surface area (Å²) in [5.74, 6) is -1.77. The van der Waals surface area contributed by atoms with Gasteiger partial charge in [0.2, 0.25) is 5.78 Å². The summed E-state index contributed by atoms with van der Waals surface area (Å²) in [5, 5.41) is 0.770. The van der Waals surface area contributed by atoms with Crippen LogP contribution in [0.1, 0.15) is 16.8 Å². The zero-order valence-corrected chi connectivity index (χ0v) is 12.6. The minimum atomic E-state index is -3.14. The number of para-hydroxylation sites is 1. The Labute approximate surface area is 127 Å². The molecule has 0 spiro atoms. The number of carbonyl (C=O) groups excluding carboxylic acids is 2. The summed E-state index contributed by atoms with van der Waals surface area (Å²) in [6, 6.07) is 7.34. The van der Waals surface area contributed by atoms with Crippen molar-refractivity contribution in [1.82, 2.24) is 4.98 Å². The molecular formula is C15H15NO5S. The molecule has 1 aromatic carbocycles. The number of hydrogen-bond donors (Lipinski definition) is 1. The fourth-order valence-electron chi connectivity index (χ4n) is 2.62. The summed E-state index contributed by atoms with van der Waals surface area (Å²) in [5.41, 5.74) is 1.29. The molecule has 3 rings (SSSR count). The van der Waals surface area contributed by atoms with Crippen molar-refractivity contribution in [3.05, 3.63) is 36.0 Å². The lowest BCUT2D eigenvalue weighted by Gasteiger charge is -2.07. The van der Waals surface area contributed by atoms with Gasteiger partial charge in [0.15, 0.2) is 16.4 Å². The highest BCUT2D eigenvalue weighted by molar-refractivity contribution is 7.91. The van der Waals surface area contributed by atoms with Crippen LogP contribution < -0.4 is 0 Å². The Hall–Kier alpha value is -2.15. The first-order valence-corrected chi connectivity index (χ1v) is 8.75. The average Bonchev–Trinajstić information content (AvgIpc) is 3.07. The highest BCUT2D eigenvalue weighted by Gasteiger charge is 2.34. The number of benzene rings is 1. The third-order valence-electron chi connectivity index (χ3n) is 3.80. The van der Waals surface area contributed by atoms with Crippen molar-refractivity contribution in [2.45, 2.75) is 6.42 Å². The average molecular weight is 321 g/mol. The van der Waals surface area contributed by atoms with Crippen LogP contribution in [0.3, 0.4) is 0 Å². The number of carbonyl (C=O) groups is 2. The Morgan fingerprint density at radius 3 is 2.77 bits per heavy atom. The Bertz CT molecular complexity index is 836. The molecule has 1 atom stereocenters. The normalized spacial score (nSPS) is 20.1. The lowest BCUT2D eigenvalue weighted by atomic mass is 10.1. The SMILES string of the molecule is O=C(COC(=O)C1CCS(=O)(=O)C1)c1c[nH]c2ccccc12. The van der Waals surface area contributed by atoms with Crippen molar-refractivity contribution in [2.75, 3.05) is 18.1 Å². The summed E-state index contributed by atoms with van der Waals surface area (Å²) >= 11 is 0. The minimum absolute atomic E-state index is 0.00314. The Morgan fingerprint density at radius 2 is 2.05 bits per heavy atom. The van der Waals surface area contributed by atoms with Gasteiger partial charge in [0.1, 0.15) is 0 Å². The smallest absolute Gasteiger partial charge is 0.310 e. The fourth-order valence-corrected chi connectivity index (χ4v) is 4.34. The van der Waals surface area contributed by atoms with Gasteiger partial charge in [-0.25, -0.2) is 8.42 Å². The second-order valence-electron chi connectivity index (χ2n) is 5.38. The van der Waals surface area contributed by atoms with E-state index >= 15 is 0 Å². The van der Waals surface area contributed by atoms with Gasteiger partial charge in [-0.1, -0.05) is 18.2 Å². The zero-order chi connectivity index (χ0) is 15.7. The first kappa shape index (κ1) is 14.8. The molecule has 1 aliphatic rings. The molecule has 1 fully saturated rings. The van der Waals surface area contributed by atoms with Crippen molar-refractivity contribution in [3.63, 3.8) is 0 Å². The molecule has 2 aromatic rings.